The van der Waals surface area contributed by atoms with E-state index in [0.29, 0.717) is 5.56 Å². The fourth-order valence-electron chi connectivity index (χ4n) is 1.78. The number of hydrogen-bond donors (Lipinski definition) is 1. The molecule has 2 heteroatoms. The van der Waals surface area contributed by atoms with Crippen LogP contribution in [-0.2, 0) is 0 Å². The minimum atomic E-state index is -0.904. The van der Waals surface area contributed by atoms with Crippen LogP contribution in [0.15, 0.2) is 43.0 Å². The summed E-state index contributed by atoms with van der Waals surface area (Å²) in [6.07, 6.45) is 0. The predicted molar refractivity (Wildman–Crippen MR) is 65.6 cm³/mol. The van der Waals surface area contributed by atoms with E-state index in [1.54, 1.807) is 12.1 Å². The van der Waals surface area contributed by atoms with Crippen LogP contribution in [0.25, 0.3) is 16.3 Å². The highest BCUT2D eigenvalue weighted by Crippen LogP contribution is 2.25. The van der Waals surface area contributed by atoms with Crippen molar-refractivity contribution >= 4 is 22.3 Å². The van der Waals surface area contributed by atoms with Crippen LogP contribution in [0.4, 0.5) is 0 Å². The van der Waals surface area contributed by atoms with Gasteiger partial charge < -0.3 is 5.11 Å². The van der Waals surface area contributed by atoms with Crippen molar-refractivity contribution < 1.29 is 9.90 Å². The fourth-order valence-corrected chi connectivity index (χ4v) is 1.78. The Morgan fingerprint density at radius 1 is 1.25 bits per heavy atom. The van der Waals surface area contributed by atoms with Gasteiger partial charge in [-0.05, 0) is 35.4 Å². The Morgan fingerprint density at radius 2 is 2.00 bits per heavy atom. The molecule has 80 valence electrons. The number of fused-ring (bicyclic) bond motifs is 1. The third-order valence-corrected chi connectivity index (χ3v) is 2.59. The van der Waals surface area contributed by atoms with E-state index in [-0.39, 0.29) is 0 Å². The molecule has 2 nitrogen and oxygen atoms in total. The molecule has 0 aromatic heterocycles. The quantitative estimate of drug-likeness (QED) is 0.826. The summed E-state index contributed by atoms with van der Waals surface area (Å²) in [5.41, 5.74) is 2.25. The summed E-state index contributed by atoms with van der Waals surface area (Å²) in [6.45, 7) is 5.82. The smallest absolute Gasteiger partial charge is 0.335 e. The van der Waals surface area contributed by atoms with E-state index in [4.69, 9.17) is 5.11 Å². The van der Waals surface area contributed by atoms with E-state index >= 15 is 0 Å². The van der Waals surface area contributed by atoms with Crippen molar-refractivity contribution in [1.82, 2.24) is 0 Å². The van der Waals surface area contributed by atoms with E-state index in [2.05, 4.69) is 6.58 Å². The van der Waals surface area contributed by atoms with Crippen molar-refractivity contribution in [1.29, 1.82) is 0 Å². The van der Waals surface area contributed by atoms with Crippen LogP contribution in [0.2, 0.25) is 0 Å². The monoisotopic (exact) mass is 212 g/mol. The van der Waals surface area contributed by atoms with Crippen LogP contribution < -0.4 is 0 Å². The maximum absolute atomic E-state index is 10.9. The van der Waals surface area contributed by atoms with Gasteiger partial charge in [-0.15, -0.1) is 0 Å². The third-order valence-electron chi connectivity index (χ3n) is 2.59. The van der Waals surface area contributed by atoms with Gasteiger partial charge in [-0.1, -0.05) is 36.4 Å². The Hall–Kier alpha value is -2.09. The molecule has 0 saturated carbocycles. The molecule has 0 aliphatic heterocycles. The van der Waals surface area contributed by atoms with Crippen LogP contribution in [-0.4, -0.2) is 11.1 Å². The zero-order valence-electron chi connectivity index (χ0n) is 9.03. The largest absolute Gasteiger partial charge is 0.478 e. The summed E-state index contributed by atoms with van der Waals surface area (Å²) in [4.78, 5) is 10.9. The predicted octanol–water partition coefficient (Wildman–Crippen LogP) is 3.57. The van der Waals surface area contributed by atoms with Crippen LogP contribution in [0.5, 0.6) is 0 Å². The average molecular weight is 212 g/mol. The van der Waals surface area contributed by atoms with Gasteiger partial charge in [-0.3, -0.25) is 0 Å². The molecule has 0 aliphatic carbocycles. The summed E-state index contributed by atoms with van der Waals surface area (Å²) in [5, 5.41) is 10.9. The zero-order valence-corrected chi connectivity index (χ0v) is 9.03. The minimum absolute atomic E-state index is 0.307. The lowest BCUT2D eigenvalue weighted by Crippen LogP contribution is -1.96. The van der Waals surface area contributed by atoms with Crippen LogP contribution in [0.3, 0.4) is 0 Å². The van der Waals surface area contributed by atoms with Crippen molar-refractivity contribution in [2.24, 2.45) is 0 Å². The van der Waals surface area contributed by atoms with E-state index in [9.17, 15) is 4.79 Å². The minimum Gasteiger partial charge on any atom is -0.478 e. The molecule has 0 radical (unpaired) electrons. The second-order valence-electron chi connectivity index (χ2n) is 3.83. The Balaban J connectivity index is 2.78. The molecule has 2 aromatic carbocycles. The van der Waals surface area contributed by atoms with E-state index < -0.39 is 5.97 Å². The van der Waals surface area contributed by atoms with Crippen molar-refractivity contribution in [2.75, 3.05) is 0 Å². The standard InChI is InChI=1S/C14H12O2/c1-9(2)12-5-3-4-10-6-7-11(14(15)16)8-13(10)12/h3-8H,1H2,2H3,(H,15,16). The van der Waals surface area contributed by atoms with E-state index in [1.807, 2.05) is 31.2 Å². The summed E-state index contributed by atoms with van der Waals surface area (Å²) in [7, 11) is 0. The molecular weight excluding hydrogens is 200 g/mol. The topological polar surface area (TPSA) is 37.3 Å². The Labute approximate surface area is 93.8 Å². The fraction of sp³-hybridized carbons (Fsp3) is 0.0714. The maximum Gasteiger partial charge on any atom is 0.335 e. The van der Waals surface area contributed by atoms with Crippen molar-refractivity contribution in [3.05, 3.63) is 54.1 Å². The second-order valence-corrected chi connectivity index (χ2v) is 3.83. The normalized spacial score (nSPS) is 10.3. The molecule has 0 spiro atoms. The van der Waals surface area contributed by atoms with Gasteiger partial charge in [0.25, 0.3) is 0 Å². The molecule has 0 saturated heterocycles. The molecule has 0 atom stereocenters. The lowest BCUT2D eigenvalue weighted by molar-refractivity contribution is 0.0697. The number of carboxylic acid groups (broad SMARTS) is 1. The Bertz CT molecular complexity index is 582. The van der Waals surface area contributed by atoms with Crippen molar-refractivity contribution in [3.63, 3.8) is 0 Å². The lowest BCUT2D eigenvalue weighted by atomic mass is 9.98. The molecular formula is C14H12O2. The van der Waals surface area contributed by atoms with Gasteiger partial charge in [-0.25, -0.2) is 4.79 Å². The summed E-state index contributed by atoms with van der Waals surface area (Å²) < 4.78 is 0. The number of carbonyl (C=O) groups is 1. The van der Waals surface area contributed by atoms with Gasteiger partial charge >= 0.3 is 5.97 Å². The number of rotatable bonds is 2. The summed E-state index contributed by atoms with van der Waals surface area (Å²) >= 11 is 0. The average Bonchev–Trinajstić information content (AvgIpc) is 2.27. The number of benzene rings is 2. The number of hydrogen-bond acceptors (Lipinski definition) is 1. The highest BCUT2D eigenvalue weighted by molar-refractivity contribution is 5.98. The third kappa shape index (κ3) is 1.70. The first-order valence-corrected chi connectivity index (χ1v) is 5.01. The first-order valence-electron chi connectivity index (χ1n) is 5.01. The van der Waals surface area contributed by atoms with Gasteiger partial charge in [0.1, 0.15) is 0 Å². The summed E-state index contributed by atoms with van der Waals surface area (Å²) in [5.74, 6) is -0.904. The molecule has 0 amide bonds. The summed E-state index contributed by atoms with van der Waals surface area (Å²) in [6, 6.07) is 11.0. The van der Waals surface area contributed by atoms with Crippen molar-refractivity contribution in [3.8, 4) is 0 Å². The Morgan fingerprint density at radius 3 is 2.62 bits per heavy atom. The molecule has 0 heterocycles. The van der Waals surface area contributed by atoms with Crippen molar-refractivity contribution in [2.45, 2.75) is 6.92 Å². The number of allylic oxidation sites excluding steroid dienone is 1. The van der Waals surface area contributed by atoms with Gasteiger partial charge in [0, 0.05) is 0 Å². The second kappa shape index (κ2) is 3.81. The zero-order chi connectivity index (χ0) is 11.7. The van der Waals surface area contributed by atoms with Gasteiger partial charge in [-0.2, -0.15) is 0 Å². The lowest BCUT2D eigenvalue weighted by Gasteiger charge is -2.06. The molecule has 0 unspecified atom stereocenters. The van der Waals surface area contributed by atoms with Crippen LogP contribution in [0, 0.1) is 0 Å². The maximum atomic E-state index is 10.9. The molecule has 2 rings (SSSR count). The van der Waals surface area contributed by atoms with Gasteiger partial charge in [0.2, 0.25) is 0 Å². The first kappa shape index (κ1) is 10.4. The van der Waals surface area contributed by atoms with E-state index in [0.717, 1.165) is 21.9 Å². The molecule has 2 aromatic rings. The van der Waals surface area contributed by atoms with Crippen LogP contribution >= 0.6 is 0 Å². The van der Waals surface area contributed by atoms with E-state index in [1.165, 1.54) is 0 Å². The molecule has 0 bridgehead atoms. The SMILES string of the molecule is C=C(C)c1cccc2ccc(C(=O)O)cc12. The van der Waals surface area contributed by atoms with Gasteiger partial charge in [0.15, 0.2) is 0 Å². The number of carboxylic acids is 1. The van der Waals surface area contributed by atoms with Gasteiger partial charge in [0.05, 0.1) is 5.56 Å². The molecule has 16 heavy (non-hydrogen) atoms. The molecule has 0 aliphatic rings. The first-order chi connectivity index (χ1) is 7.59. The number of aromatic carboxylic acids is 1. The highest BCUT2D eigenvalue weighted by Gasteiger charge is 2.06. The Kier molecular flexibility index (Phi) is 2.49. The van der Waals surface area contributed by atoms with Crippen LogP contribution in [0.1, 0.15) is 22.8 Å². The highest BCUT2D eigenvalue weighted by atomic mass is 16.4. The molecule has 1 N–H and O–H groups in total. The molecule has 0 fully saturated rings.